The van der Waals surface area contributed by atoms with Crippen molar-refractivity contribution in [2.45, 2.75) is 18.9 Å². The summed E-state index contributed by atoms with van der Waals surface area (Å²) in [7, 11) is 2.15. The summed E-state index contributed by atoms with van der Waals surface area (Å²) in [5.74, 6) is 0. The van der Waals surface area contributed by atoms with Gasteiger partial charge in [-0.1, -0.05) is 23.7 Å². The van der Waals surface area contributed by atoms with Crippen molar-refractivity contribution in [2.75, 3.05) is 39.8 Å². The van der Waals surface area contributed by atoms with Gasteiger partial charge >= 0.3 is 0 Å². The Hall–Kier alpha value is -0.610. The summed E-state index contributed by atoms with van der Waals surface area (Å²) in [6.45, 7) is 4.59. The summed E-state index contributed by atoms with van der Waals surface area (Å²) in [4.78, 5) is 4.84. The van der Waals surface area contributed by atoms with Crippen molar-refractivity contribution < 1.29 is 5.11 Å². The molecule has 3 nitrogen and oxygen atoms in total. The van der Waals surface area contributed by atoms with Crippen LogP contribution in [-0.2, 0) is 6.42 Å². The van der Waals surface area contributed by atoms with Crippen molar-refractivity contribution >= 4 is 11.6 Å². The molecule has 1 N–H and O–H groups in total. The fourth-order valence-corrected chi connectivity index (χ4v) is 2.87. The van der Waals surface area contributed by atoms with E-state index in [1.165, 1.54) is 5.56 Å². The van der Waals surface area contributed by atoms with E-state index < -0.39 is 0 Å². The van der Waals surface area contributed by atoms with Crippen LogP contribution in [0.4, 0.5) is 0 Å². The zero-order valence-electron chi connectivity index (χ0n) is 11.6. The number of piperazine rings is 1. The molecule has 1 aliphatic rings. The van der Waals surface area contributed by atoms with Crippen molar-refractivity contribution in [3.05, 3.63) is 34.9 Å². The lowest BCUT2D eigenvalue weighted by molar-refractivity contribution is 0.0793. The zero-order valence-corrected chi connectivity index (χ0v) is 12.3. The summed E-state index contributed by atoms with van der Waals surface area (Å²) < 4.78 is 0. The number of rotatable bonds is 5. The number of benzene rings is 1. The molecule has 1 fully saturated rings. The van der Waals surface area contributed by atoms with Crippen molar-refractivity contribution in [2.24, 2.45) is 0 Å². The Morgan fingerprint density at radius 1 is 1.37 bits per heavy atom. The summed E-state index contributed by atoms with van der Waals surface area (Å²) in [5.41, 5.74) is 1.30. The number of hydrogen-bond acceptors (Lipinski definition) is 3. The van der Waals surface area contributed by atoms with Gasteiger partial charge < -0.3 is 14.9 Å². The molecule has 19 heavy (non-hydrogen) atoms. The molecule has 2 rings (SSSR count). The van der Waals surface area contributed by atoms with E-state index in [2.05, 4.69) is 22.9 Å². The highest BCUT2D eigenvalue weighted by Crippen LogP contribution is 2.14. The van der Waals surface area contributed by atoms with Gasteiger partial charge in [0, 0.05) is 43.9 Å². The molecule has 0 spiro atoms. The smallest absolute Gasteiger partial charge is 0.0446 e. The van der Waals surface area contributed by atoms with Crippen LogP contribution in [0.2, 0.25) is 5.02 Å². The van der Waals surface area contributed by atoms with Gasteiger partial charge in [-0.15, -0.1) is 0 Å². The van der Waals surface area contributed by atoms with Gasteiger partial charge in [0.05, 0.1) is 0 Å². The van der Waals surface area contributed by atoms with Crippen LogP contribution in [-0.4, -0.2) is 60.8 Å². The minimum absolute atomic E-state index is 0.275. The first-order chi connectivity index (χ1) is 9.19. The van der Waals surface area contributed by atoms with E-state index in [0.717, 1.165) is 44.0 Å². The van der Waals surface area contributed by atoms with Crippen LogP contribution in [0.5, 0.6) is 0 Å². The Balaban J connectivity index is 1.83. The molecule has 1 aromatic rings. The molecule has 1 aliphatic heterocycles. The summed E-state index contributed by atoms with van der Waals surface area (Å²) in [6, 6.07) is 8.59. The number of hydrogen-bond donors (Lipinski definition) is 1. The Morgan fingerprint density at radius 2 is 2.21 bits per heavy atom. The van der Waals surface area contributed by atoms with Gasteiger partial charge in [0.2, 0.25) is 0 Å². The van der Waals surface area contributed by atoms with E-state index in [0.29, 0.717) is 6.04 Å². The maximum absolute atomic E-state index is 9.10. The second-order valence-electron chi connectivity index (χ2n) is 5.33. The standard InChI is InChI=1S/C15H23ClN2O/c1-17-8-9-18(12-15(17)6-10-19)7-5-13-3-2-4-14(16)11-13/h2-4,11,15,19H,5-10,12H2,1H3. The normalized spacial score (nSPS) is 21.7. The van der Waals surface area contributed by atoms with Gasteiger partial charge in [-0.05, 0) is 37.6 Å². The number of halogens is 1. The van der Waals surface area contributed by atoms with Gasteiger partial charge in [0.1, 0.15) is 0 Å². The van der Waals surface area contributed by atoms with Crippen molar-refractivity contribution in [3.63, 3.8) is 0 Å². The summed E-state index contributed by atoms with van der Waals surface area (Å²) in [5, 5.41) is 9.92. The van der Waals surface area contributed by atoms with Crippen LogP contribution in [0.25, 0.3) is 0 Å². The quantitative estimate of drug-likeness (QED) is 0.893. The second-order valence-corrected chi connectivity index (χ2v) is 5.76. The van der Waals surface area contributed by atoms with Crippen LogP contribution in [0.15, 0.2) is 24.3 Å². The molecule has 0 aromatic heterocycles. The SMILES string of the molecule is CN1CCN(CCc2cccc(Cl)c2)CC1CCO. The molecule has 1 saturated heterocycles. The zero-order chi connectivity index (χ0) is 13.7. The first kappa shape index (κ1) is 14.8. The van der Waals surface area contributed by atoms with E-state index in [9.17, 15) is 0 Å². The molecule has 0 saturated carbocycles. The minimum Gasteiger partial charge on any atom is -0.396 e. The maximum atomic E-state index is 9.10. The number of likely N-dealkylation sites (N-methyl/N-ethyl adjacent to an activating group) is 1. The molecule has 0 amide bonds. The Kier molecular flexibility index (Phi) is 5.64. The van der Waals surface area contributed by atoms with Crippen molar-refractivity contribution in [3.8, 4) is 0 Å². The van der Waals surface area contributed by atoms with Crippen LogP contribution in [0.3, 0.4) is 0 Å². The first-order valence-corrected chi connectivity index (χ1v) is 7.34. The van der Waals surface area contributed by atoms with Gasteiger partial charge in [-0.3, -0.25) is 0 Å². The lowest BCUT2D eigenvalue weighted by Gasteiger charge is -2.39. The fourth-order valence-electron chi connectivity index (χ4n) is 2.65. The van der Waals surface area contributed by atoms with Gasteiger partial charge in [-0.25, -0.2) is 0 Å². The maximum Gasteiger partial charge on any atom is 0.0446 e. The van der Waals surface area contributed by atoms with Gasteiger partial charge in [-0.2, -0.15) is 0 Å². The summed E-state index contributed by atoms with van der Waals surface area (Å²) in [6.07, 6.45) is 1.90. The predicted molar refractivity (Wildman–Crippen MR) is 79.7 cm³/mol. The average Bonchev–Trinajstić information content (AvgIpc) is 2.40. The third-order valence-corrected chi connectivity index (χ3v) is 4.16. The Labute approximate surface area is 120 Å². The third kappa shape index (κ3) is 4.46. The molecule has 106 valence electrons. The van der Waals surface area contributed by atoms with Gasteiger partial charge in [0.15, 0.2) is 0 Å². The van der Waals surface area contributed by atoms with Crippen LogP contribution in [0, 0.1) is 0 Å². The molecule has 1 aromatic carbocycles. The monoisotopic (exact) mass is 282 g/mol. The lowest BCUT2D eigenvalue weighted by Crippen LogP contribution is -2.52. The van der Waals surface area contributed by atoms with E-state index in [-0.39, 0.29) is 6.61 Å². The van der Waals surface area contributed by atoms with Crippen LogP contribution < -0.4 is 0 Å². The molecular weight excluding hydrogens is 260 g/mol. The molecule has 1 atom stereocenters. The second kappa shape index (κ2) is 7.25. The minimum atomic E-state index is 0.275. The summed E-state index contributed by atoms with van der Waals surface area (Å²) >= 11 is 6.00. The molecule has 1 unspecified atom stereocenters. The Morgan fingerprint density at radius 3 is 2.95 bits per heavy atom. The molecule has 0 aliphatic carbocycles. The average molecular weight is 283 g/mol. The first-order valence-electron chi connectivity index (χ1n) is 6.97. The van der Waals surface area contributed by atoms with E-state index in [4.69, 9.17) is 16.7 Å². The highest BCUT2D eigenvalue weighted by atomic mass is 35.5. The van der Waals surface area contributed by atoms with Crippen LogP contribution in [0.1, 0.15) is 12.0 Å². The molecule has 0 radical (unpaired) electrons. The Bertz CT molecular complexity index is 399. The van der Waals surface area contributed by atoms with Crippen LogP contribution >= 0.6 is 11.6 Å². The topological polar surface area (TPSA) is 26.7 Å². The molecule has 0 bridgehead atoms. The van der Waals surface area contributed by atoms with Crippen molar-refractivity contribution in [1.82, 2.24) is 9.80 Å². The van der Waals surface area contributed by atoms with E-state index >= 15 is 0 Å². The lowest BCUT2D eigenvalue weighted by atomic mass is 10.1. The highest BCUT2D eigenvalue weighted by molar-refractivity contribution is 6.30. The largest absolute Gasteiger partial charge is 0.396 e. The van der Waals surface area contributed by atoms with E-state index in [1.54, 1.807) is 0 Å². The third-order valence-electron chi connectivity index (χ3n) is 3.93. The number of aliphatic hydroxyl groups excluding tert-OH is 1. The number of aliphatic hydroxyl groups is 1. The number of nitrogens with zero attached hydrogens (tertiary/aromatic N) is 2. The van der Waals surface area contributed by atoms with Crippen molar-refractivity contribution in [1.29, 1.82) is 0 Å². The molecule has 4 heteroatoms. The van der Waals surface area contributed by atoms with Gasteiger partial charge in [0.25, 0.3) is 0 Å². The molecule has 1 heterocycles. The van der Waals surface area contributed by atoms with E-state index in [1.807, 2.05) is 18.2 Å². The highest BCUT2D eigenvalue weighted by Gasteiger charge is 2.23. The predicted octanol–water partition coefficient (Wildman–Crippen LogP) is 1.88. The molecular formula is C15H23ClN2O. The fraction of sp³-hybridized carbons (Fsp3) is 0.600.